The Balaban J connectivity index is 1.50. The molecule has 4 atom stereocenters. The highest BCUT2D eigenvalue weighted by Gasteiger charge is 2.49. The van der Waals surface area contributed by atoms with Crippen LogP contribution in [0.25, 0.3) is 0 Å². The van der Waals surface area contributed by atoms with Gasteiger partial charge in [0, 0.05) is 0 Å². The summed E-state index contributed by atoms with van der Waals surface area (Å²) in [5.74, 6) is 1.04. The van der Waals surface area contributed by atoms with Crippen molar-refractivity contribution in [3.8, 4) is 0 Å². The molecule has 3 fully saturated rings. The molecule has 4 unspecified atom stereocenters. The lowest BCUT2D eigenvalue weighted by Gasteiger charge is -2.40. The number of alkyl halides is 4. The lowest BCUT2D eigenvalue weighted by molar-refractivity contribution is -0.314. The number of hydrogen-bond acceptors (Lipinski definition) is 2. The maximum Gasteiger partial charge on any atom is 0.358 e. The minimum absolute atomic E-state index is 0.0465. The second-order valence-corrected chi connectivity index (χ2v) is 8.88. The second-order valence-electron chi connectivity index (χ2n) is 8.88. The fraction of sp³-hybridized carbons (Fsp3) is 1.00. The minimum Gasteiger partial charge on any atom is -0.390 e. The Bertz CT molecular complexity index is 445. The van der Waals surface area contributed by atoms with Crippen LogP contribution in [0.4, 0.5) is 17.6 Å². The Morgan fingerprint density at radius 2 is 1.31 bits per heavy atom. The van der Waals surface area contributed by atoms with Gasteiger partial charge in [-0.2, -0.15) is 8.78 Å². The molecule has 0 aromatic rings. The first-order valence-corrected chi connectivity index (χ1v) is 10.3. The van der Waals surface area contributed by atoms with Gasteiger partial charge in [-0.25, -0.2) is 8.78 Å². The number of hydrogen-bond donors (Lipinski definition) is 1. The molecule has 0 saturated heterocycles. The minimum atomic E-state index is -3.43. The van der Waals surface area contributed by atoms with Crippen molar-refractivity contribution in [2.75, 3.05) is 0 Å². The van der Waals surface area contributed by atoms with E-state index < -0.39 is 36.6 Å². The van der Waals surface area contributed by atoms with Crippen LogP contribution in [0.15, 0.2) is 0 Å². The molecule has 1 N–H and O–H groups in total. The maximum absolute atomic E-state index is 14.5. The molecular formula is C20H32F4O2. The quantitative estimate of drug-likeness (QED) is 0.659. The summed E-state index contributed by atoms with van der Waals surface area (Å²) in [6, 6.07) is 0. The summed E-state index contributed by atoms with van der Waals surface area (Å²) in [4.78, 5) is 0. The van der Waals surface area contributed by atoms with Crippen LogP contribution in [-0.4, -0.2) is 35.8 Å². The van der Waals surface area contributed by atoms with Gasteiger partial charge in [-0.1, -0.05) is 19.8 Å². The predicted octanol–water partition coefficient (Wildman–Crippen LogP) is 5.43. The average molecular weight is 380 g/mol. The summed E-state index contributed by atoms with van der Waals surface area (Å²) in [5.41, 5.74) is 0. The second kappa shape index (κ2) is 8.34. The highest BCUT2D eigenvalue weighted by Crippen LogP contribution is 2.46. The topological polar surface area (TPSA) is 29.5 Å². The van der Waals surface area contributed by atoms with E-state index in [-0.39, 0.29) is 12.8 Å². The van der Waals surface area contributed by atoms with Crippen LogP contribution < -0.4 is 0 Å². The van der Waals surface area contributed by atoms with Crippen LogP contribution in [0.1, 0.15) is 71.1 Å². The smallest absolute Gasteiger partial charge is 0.358 e. The predicted molar refractivity (Wildman–Crippen MR) is 91.4 cm³/mol. The Morgan fingerprint density at radius 3 is 1.88 bits per heavy atom. The first kappa shape index (κ1) is 20.4. The molecule has 0 radical (unpaired) electrons. The van der Waals surface area contributed by atoms with Gasteiger partial charge in [-0.3, -0.25) is 0 Å². The van der Waals surface area contributed by atoms with E-state index in [4.69, 9.17) is 4.74 Å². The Labute approximate surface area is 153 Å². The molecule has 0 spiro atoms. The molecule has 26 heavy (non-hydrogen) atoms. The van der Waals surface area contributed by atoms with Crippen molar-refractivity contribution < 1.29 is 27.4 Å². The molecule has 0 heterocycles. The molecule has 0 bridgehead atoms. The van der Waals surface area contributed by atoms with Gasteiger partial charge in [0.2, 0.25) is 0 Å². The molecule has 152 valence electrons. The van der Waals surface area contributed by atoms with E-state index in [9.17, 15) is 22.7 Å². The fourth-order valence-electron chi connectivity index (χ4n) is 5.18. The number of aliphatic hydroxyl groups excluding tert-OH is 1. The third-order valence-electron chi connectivity index (χ3n) is 7.06. The zero-order chi connectivity index (χ0) is 18.9. The summed E-state index contributed by atoms with van der Waals surface area (Å²) < 4.78 is 61.4. The molecule has 0 aromatic heterocycles. The van der Waals surface area contributed by atoms with Gasteiger partial charge in [0.05, 0.1) is 18.1 Å². The van der Waals surface area contributed by atoms with E-state index in [1.165, 1.54) is 25.7 Å². The summed E-state index contributed by atoms with van der Waals surface area (Å²) in [6.45, 7) is 2.27. The van der Waals surface area contributed by atoms with Crippen LogP contribution in [0, 0.1) is 23.7 Å². The van der Waals surface area contributed by atoms with E-state index in [2.05, 4.69) is 6.92 Å². The van der Waals surface area contributed by atoms with Crippen molar-refractivity contribution in [2.45, 2.75) is 102 Å². The molecule has 6 heteroatoms. The van der Waals surface area contributed by atoms with Crippen LogP contribution in [0.3, 0.4) is 0 Å². The highest BCUT2D eigenvalue weighted by molar-refractivity contribution is 4.91. The van der Waals surface area contributed by atoms with Crippen molar-refractivity contribution in [3.05, 3.63) is 0 Å². The van der Waals surface area contributed by atoms with Crippen LogP contribution in [-0.2, 0) is 4.74 Å². The molecular weight excluding hydrogens is 348 g/mol. The highest BCUT2D eigenvalue weighted by atomic mass is 19.3. The summed E-state index contributed by atoms with van der Waals surface area (Å²) >= 11 is 0. The molecule has 3 aliphatic carbocycles. The zero-order valence-electron chi connectivity index (χ0n) is 15.6. The van der Waals surface area contributed by atoms with E-state index in [0.29, 0.717) is 24.7 Å². The normalized spacial score (nSPS) is 45.5. The Morgan fingerprint density at radius 1 is 0.769 bits per heavy atom. The first-order valence-electron chi connectivity index (χ1n) is 10.3. The fourth-order valence-corrected chi connectivity index (χ4v) is 5.18. The molecule has 0 aliphatic heterocycles. The van der Waals surface area contributed by atoms with Gasteiger partial charge >= 0.3 is 6.11 Å². The van der Waals surface area contributed by atoms with Crippen molar-refractivity contribution in [2.24, 2.45) is 23.7 Å². The monoisotopic (exact) mass is 380 g/mol. The standard InChI is InChI=1S/C20H32F4O2/c1-12-2-4-13(5-3-12)14-6-8-15(9-7-14)20(23,24)26-17-11-10-16(25)18(21)19(17)22/h12-19,25H,2-11H2,1H3. The van der Waals surface area contributed by atoms with E-state index in [0.717, 1.165) is 18.8 Å². The number of halogens is 4. The molecule has 0 aromatic carbocycles. The van der Waals surface area contributed by atoms with E-state index in [1.807, 2.05) is 0 Å². The van der Waals surface area contributed by atoms with Gasteiger partial charge < -0.3 is 9.84 Å². The molecule has 2 nitrogen and oxygen atoms in total. The zero-order valence-corrected chi connectivity index (χ0v) is 15.6. The van der Waals surface area contributed by atoms with Gasteiger partial charge in [0.15, 0.2) is 12.3 Å². The Kier molecular flexibility index (Phi) is 6.53. The summed E-state index contributed by atoms with van der Waals surface area (Å²) in [5, 5.41) is 9.32. The average Bonchev–Trinajstić information content (AvgIpc) is 2.63. The summed E-state index contributed by atoms with van der Waals surface area (Å²) in [7, 11) is 0. The van der Waals surface area contributed by atoms with Crippen LogP contribution in [0.5, 0.6) is 0 Å². The SMILES string of the molecule is CC1CCC(C2CCC(C(F)(F)OC3CCC(O)C(F)C3F)CC2)CC1. The van der Waals surface area contributed by atoms with Gasteiger partial charge in [-0.15, -0.1) is 0 Å². The largest absolute Gasteiger partial charge is 0.390 e. The first-order chi connectivity index (χ1) is 12.3. The van der Waals surface area contributed by atoms with E-state index in [1.54, 1.807) is 0 Å². The molecule has 3 saturated carbocycles. The van der Waals surface area contributed by atoms with E-state index >= 15 is 0 Å². The number of aliphatic hydroxyl groups is 1. The van der Waals surface area contributed by atoms with Crippen molar-refractivity contribution in [3.63, 3.8) is 0 Å². The van der Waals surface area contributed by atoms with Gasteiger partial charge in [0.1, 0.15) is 0 Å². The van der Waals surface area contributed by atoms with Crippen molar-refractivity contribution >= 4 is 0 Å². The van der Waals surface area contributed by atoms with Crippen molar-refractivity contribution in [1.29, 1.82) is 0 Å². The van der Waals surface area contributed by atoms with Crippen LogP contribution >= 0.6 is 0 Å². The van der Waals surface area contributed by atoms with Crippen molar-refractivity contribution in [1.82, 2.24) is 0 Å². The molecule has 0 amide bonds. The molecule has 3 aliphatic rings. The lowest BCUT2D eigenvalue weighted by Crippen LogP contribution is -2.49. The number of ether oxygens (including phenoxy) is 1. The lowest BCUT2D eigenvalue weighted by atomic mass is 9.69. The third kappa shape index (κ3) is 4.54. The Hall–Kier alpha value is -0.360. The maximum atomic E-state index is 14.5. The van der Waals surface area contributed by atoms with Gasteiger partial charge in [-0.05, 0) is 69.1 Å². The molecule has 3 rings (SSSR count). The summed E-state index contributed by atoms with van der Waals surface area (Å²) in [6.07, 6.45) is -3.58. The van der Waals surface area contributed by atoms with Crippen LogP contribution in [0.2, 0.25) is 0 Å². The number of rotatable bonds is 4. The third-order valence-corrected chi connectivity index (χ3v) is 7.06. The van der Waals surface area contributed by atoms with Gasteiger partial charge in [0.25, 0.3) is 0 Å².